The third-order valence-electron chi connectivity index (χ3n) is 1.76. The molecule has 1 heterocycles. The molecule has 1 rings (SSSR count). The molecule has 0 aliphatic carbocycles. The molecule has 0 radical (unpaired) electrons. The summed E-state index contributed by atoms with van der Waals surface area (Å²) in [7, 11) is 1.93. The van der Waals surface area contributed by atoms with Gasteiger partial charge in [-0.25, -0.2) is 0 Å². The Morgan fingerprint density at radius 1 is 1.54 bits per heavy atom. The van der Waals surface area contributed by atoms with E-state index in [0.717, 1.165) is 18.5 Å². The summed E-state index contributed by atoms with van der Waals surface area (Å²) in [5.74, 6) is 6.19. The highest BCUT2D eigenvalue weighted by atomic mass is 14.8. The normalized spacial score (nSPS) is 9.08. The average molecular weight is 174 g/mol. The van der Waals surface area contributed by atoms with Crippen molar-refractivity contribution < 1.29 is 0 Å². The van der Waals surface area contributed by atoms with E-state index >= 15 is 0 Å². The molecule has 1 N–H and O–H groups in total. The van der Waals surface area contributed by atoms with Gasteiger partial charge in [0.15, 0.2) is 0 Å². The van der Waals surface area contributed by atoms with Crippen LogP contribution in [-0.4, -0.2) is 18.6 Å². The minimum atomic E-state index is 0.880. The van der Waals surface area contributed by atoms with Crippen LogP contribution in [0.4, 0.5) is 0 Å². The Labute approximate surface area is 79.4 Å². The van der Waals surface area contributed by atoms with Gasteiger partial charge in [0.1, 0.15) is 0 Å². The quantitative estimate of drug-likeness (QED) is 0.541. The Balaban J connectivity index is 2.61. The maximum atomic E-state index is 4.03. The smallest absolute Gasteiger partial charge is 0.0457 e. The number of nitrogens with zero attached hydrogens (tertiary/aromatic N) is 1. The third kappa shape index (κ3) is 3.27. The Hall–Kier alpha value is -1.33. The van der Waals surface area contributed by atoms with E-state index in [1.165, 1.54) is 5.56 Å². The van der Waals surface area contributed by atoms with Crippen molar-refractivity contribution >= 4 is 0 Å². The number of rotatable bonds is 2. The van der Waals surface area contributed by atoms with Crippen LogP contribution in [-0.2, 0) is 0 Å². The second kappa shape index (κ2) is 5.34. The fourth-order valence-corrected chi connectivity index (χ4v) is 0.940. The largest absolute Gasteiger partial charge is 0.319 e. The van der Waals surface area contributed by atoms with E-state index in [2.05, 4.69) is 22.1 Å². The van der Waals surface area contributed by atoms with Crippen molar-refractivity contribution in [1.29, 1.82) is 0 Å². The van der Waals surface area contributed by atoms with Gasteiger partial charge in [0.05, 0.1) is 0 Å². The van der Waals surface area contributed by atoms with Gasteiger partial charge in [0.2, 0.25) is 0 Å². The number of nitrogens with one attached hydrogen (secondary N) is 1. The van der Waals surface area contributed by atoms with Crippen molar-refractivity contribution in [1.82, 2.24) is 10.3 Å². The molecule has 0 spiro atoms. The van der Waals surface area contributed by atoms with Crippen LogP contribution in [0.3, 0.4) is 0 Å². The van der Waals surface area contributed by atoms with E-state index in [0.29, 0.717) is 0 Å². The topological polar surface area (TPSA) is 24.9 Å². The number of pyridine rings is 1. The van der Waals surface area contributed by atoms with Gasteiger partial charge in [-0.05, 0) is 25.6 Å². The first kappa shape index (κ1) is 9.76. The van der Waals surface area contributed by atoms with Crippen molar-refractivity contribution in [3.8, 4) is 11.8 Å². The van der Waals surface area contributed by atoms with Crippen LogP contribution in [0.5, 0.6) is 0 Å². The van der Waals surface area contributed by atoms with Crippen molar-refractivity contribution in [2.45, 2.75) is 13.3 Å². The summed E-state index contributed by atoms with van der Waals surface area (Å²) in [6, 6.07) is 1.97. The van der Waals surface area contributed by atoms with E-state index in [-0.39, 0.29) is 0 Å². The first-order chi connectivity index (χ1) is 6.34. The van der Waals surface area contributed by atoms with Gasteiger partial charge in [-0.15, -0.1) is 0 Å². The molecule has 0 amide bonds. The zero-order chi connectivity index (χ0) is 9.52. The zero-order valence-electron chi connectivity index (χ0n) is 8.09. The first-order valence-electron chi connectivity index (χ1n) is 4.38. The lowest BCUT2D eigenvalue weighted by Crippen LogP contribution is -2.05. The molecule has 0 unspecified atom stereocenters. The number of hydrogen-bond acceptors (Lipinski definition) is 2. The monoisotopic (exact) mass is 174 g/mol. The van der Waals surface area contributed by atoms with Crippen molar-refractivity contribution in [3.05, 3.63) is 29.6 Å². The van der Waals surface area contributed by atoms with Gasteiger partial charge in [-0.2, -0.15) is 0 Å². The summed E-state index contributed by atoms with van der Waals surface area (Å²) in [6.45, 7) is 2.98. The van der Waals surface area contributed by atoms with E-state index in [9.17, 15) is 0 Å². The predicted molar refractivity (Wildman–Crippen MR) is 54.4 cm³/mol. The van der Waals surface area contributed by atoms with Crippen LogP contribution in [0.1, 0.15) is 17.5 Å². The maximum Gasteiger partial charge on any atom is 0.0457 e. The average Bonchev–Trinajstić information content (AvgIpc) is 2.15. The third-order valence-corrected chi connectivity index (χ3v) is 1.76. The van der Waals surface area contributed by atoms with Crippen LogP contribution in [0.2, 0.25) is 0 Å². The zero-order valence-corrected chi connectivity index (χ0v) is 8.09. The molecule has 68 valence electrons. The Kier molecular flexibility index (Phi) is 4.01. The molecule has 0 aliphatic rings. The number of hydrogen-bond donors (Lipinski definition) is 1. The second-order valence-corrected chi connectivity index (χ2v) is 2.85. The first-order valence-corrected chi connectivity index (χ1v) is 4.38. The highest BCUT2D eigenvalue weighted by Gasteiger charge is 1.90. The van der Waals surface area contributed by atoms with Gasteiger partial charge in [-0.3, -0.25) is 4.98 Å². The molecule has 0 saturated carbocycles. The molecule has 0 aromatic carbocycles. The minimum Gasteiger partial charge on any atom is -0.319 e. The molecule has 0 saturated heterocycles. The van der Waals surface area contributed by atoms with Crippen LogP contribution in [0.15, 0.2) is 18.5 Å². The molecular weight excluding hydrogens is 160 g/mol. The van der Waals surface area contributed by atoms with Crippen LogP contribution < -0.4 is 5.32 Å². The van der Waals surface area contributed by atoms with Crippen LogP contribution >= 0.6 is 0 Å². The van der Waals surface area contributed by atoms with Gasteiger partial charge in [0.25, 0.3) is 0 Å². The van der Waals surface area contributed by atoms with Crippen molar-refractivity contribution in [2.75, 3.05) is 13.6 Å². The molecule has 0 bridgehead atoms. The van der Waals surface area contributed by atoms with Crippen LogP contribution in [0.25, 0.3) is 0 Å². The van der Waals surface area contributed by atoms with Gasteiger partial charge in [0, 0.05) is 30.9 Å². The minimum absolute atomic E-state index is 0.880. The Morgan fingerprint density at radius 3 is 3.08 bits per heavy atom. The standard InChI is InChI=1S/C11H14N2/c1-10-6-8-13-9-11(10)5-3-4-7-12-2/h6,8-9,12H,4,7H2,1-2H3. The van der Waals surface area contributed by atoms with Gasteiger partial charge in [-0.1, -0.05) is 11.8 Å². The molecular formula is C11H14N2. The molecule has 0 atom stereocenters. The molecule has 1 aromatic heterocycles. The number of aryl methyl sites for hydroxylation is 1. The predicted octanol–water partition coefficient (Wildman–Crippen LogP) is 1.35. The highest BCUT2D eigenvalue weighted by Crippen LogP contribution is 2.01. The van der Waals surface area contributed by atoms with Crippen molar-refractivity contribution in [3.63, 3.8) is 0 Å². The van der Waals surface area contributed by atoms with E-state index in [1.807, 2.05) is 26.2 Å². The SMILES string of the molecule is CNCCC#Cc1cnccc1C. The molecule has 13 heavy (non-hydrogen) atoms. The highest BCUT2D eigenvalue weighted by molar-refractivity contribution is 5.37. The fraction of sp³-hybridized carbons (Fsp3) is 0.364. The van der Waals surface area contributed by atoms with E-state index in [1.54, 1.807) is 6.20 Å². The summed E-state index contributed by atoms with van der Waals surface area (Å²) in [5.41, 5.74) is 2.21. The summed E-state index contributed by atoms with van der Waals surface area (Å²) < 4.78 is 0. The molecule has 2 nitrogen and oxygen atoms in total. The molecule has 2 heteroatoms. The maximum absolute atomic E-state index is 4.03. The lowest BCUT2D eigenvalue weighted by molar-refractivity contribution is 0.818. The van der Waals surface area contributed by atoms with E-state index in [4.69, 9.17) is 0 Å². The van der Waals surface area contributed by atoms with Crippen LogP contribution in [0, 0.1) is 18.8 Å². The summed E-state index contributed by atoms with van der Waals surface area (Å²) in [6.07, 6.45) is 4.47. The molecule has 0 aliphatic heterocycles. The Bertz CT molecular complexity index is 320. The summed E-state index contributed by atoms with van der Waals surface area (Å²) >= 11 is 0. The van der Waals surface area contributed by atoms with Gasteiger partial charge < -0.3 is 5.32 Å². The van der Waals surface area contributed by atoms with Crippen molar-refractivity contribution in [2.24, 2.45) is 0 Å². The lowest BCUT2D eigenvalue weighted by atomic mass is 10.2. The summed E-state index contributed by atoms with van der Waals surface area (Å²) in [4.78, 5) is 4.03. The number of aromatic nitrogens is 1. The Morgan fingerprint density at radius 2 is 2.38 bits per heavy atom. The molecule has 0 fully saturated rings. The van der Waals surface area contributed by atoms with E-state index < -0.39 is 0 Å². The second-order valence-electron chi connectivity index (χ2n) is 2.85. The molecule has 1 aromatic rings. The lowest BCUT2D eigenvalue weighted by Gasteiger charge is -1.94. The van der Waals surface area contributed by atoms with Gasteiger partial charge >= 0.3 is 0 Å². The summed E-state index contributed by atoms with van der Waals surface area (Å²) in [5, 5.41) is 3.05. The fourth-order valence-electron chi connectivity index (χ4n) is 0.940.